The van der Waals surface area contributed by atoms with Crippen LogP contribution in [0.5, 0.6) is 0 Å². The summed E-state index contributed by atoms with van der Waals surface area (Å²) in [5.74, 6) is 0. The zero-order chi connectivity index (χ0) is 17.6. The highest BCUT2D eigenvalue weighted by atomic mass is 35.5. The fourth-order valence-corrected chi connectivity index (χ4v) is 4.53. The van der Waals surface area contributed by atoms with Crippen LogP contribution in [0.1, 0.15) is 13.8 Å². The van der Waals surface area contributed by atoms with Crippen molar-refractivity contribution < 1.29 is 8.42 Å². The summed E-state index contributed by atoms with van der Waals surface area (Å²) in [7, 11) is -2.32. The highest BCUT2D eigenvalue weighted by Gasteiger charge is 2.34. The number of sulfonamides is 1. The summed E-state index contributed by atoms with van der Waals surface area (Å²) in [6.07, 6.45) is 1.19. The van der Waals surface area contributed by atoms with Gasteiger partial charge < -0.3 is 5.32 Å². The molecule has 25 heavy (non-hydrogen) atoms. The lowest BCUT2D eigenvalue weighted by molar-refractivity contribution is 0.233. The summed E-state index contributed by atoms with van der Waals surface area (Å²) in [6, 6.07) is 1.07. The van der Waals surface area contributed by atoms with Crippen LogP contribution in [0.2, 0.25) is 0 Å². The molecule has 1 saturated heterocycles. The predicted molar refractivity (Wildman–Crippen MR) is 95.7 cm³/mol. The van der Waals surface area contributed by atoms with Crippen LogP contribution in [0.3, 0.4) is 0 Å². The standard InChI is InChI=1S/C14H19N5O4S.ClH/c1-8-9(2)19(5-4-15-8)24(22,23)10-6-11-12(16-7-10)18(3)14(21)17-13(11)20;/h6-9,15H,4-5H2,1-3H3,(H,17,20,21);1H. The average Bonchev–Trinajstić information content (AvgIpc) is 2.54. The van der Waals surface area contributed by atoms with Crippen molar-refractivity contribution in [3.63, 3.8) is 0 Å². The SMILES string of the molecule is CC1NCCN(S(=O)(=O)c2cnc3c(c2)c(=O)[nH]c(=O)n3C)C1C.Cl. The maximum Gasteiger partial charge on any atom is 0.329 e. The van der Waals surface area contributed by atoms with E-state index in [0.29, 0.717) is 13.1 Å². The summed E-state index contributed by atoms with van der Waals surface area (Å²) in [4.78, 5) is 29.7. The van der Waals surface area contributed by atoms with E-state index >= 15 is 0 Å². The molecule has 0 radical (unpaired) electrons. The number of piperazine rings is 1. The van der Waals surface area contributed by atoms with E-state index in [9.17, 15) is 18.0 Å². The van der Waals surface area contributed by atoms with Crippen molar-refractivity contribution in [2.45, 2.75) is 30.8 Å². The highest BCUT2D eigenvalue weighted by Crippen LogP contribution is 2.22. The summed E-state index contributed by atoms with van der Waals surface area (Å²) in [6.45, 7) is 4.65. The van der Waals surface area contributed by atoms with Gasteiger partial charge in [-0.3, -0.25) is 14.3 Å². The summed E-state index contributed by atoms with van der Waals surface area (Å²) in [5, 5.41) is 3.29. The van der Waals surface area contributed by atoms with Crippen LogP contribution in [-0.4, -0.2) is 52.4 Å². The minimum atomic E-state index is -3.78. The quantitative estimate of drug-likeness (QED) is 0.709. The Hall–Kier alpha value is -1.75. The zero-order valence-corrected chi connectivity index (χ0v) is 15.6. The van der Waals surface area contributed by atoms with Gasteiger partial charge in [0.1, 0.15) is 10.5 Å². The first kappa shape index (κ1) is 19.6. The van der Waals surface area contributed by atoms with Crippen molar-refractivity contribution in [3.8, 4) is 0 Å². The molecular formula is C14H20ClN5O4S. The third kappa shape index (κ3) is 3.22. The smallest absolute Gasteiger partial charge is 0.311 e. The first-order valence-corrected chi connectivity index (χ1v) is 9.02. The van der Waals surface area contributed by atoms with Crippen molar-refractivity contribution in [1.29, 1.82) is 0 Å². The predicted octanol–water partition coefficient (Wildman–Crippen LogP) is -0.585. The Balaban J connectivity index is 0.00000225. The van der Waals surface area contributed by atoms with Crippen LogP contribution in [0.4, 0.5) is 0 Å². The number of rotatable bonds is 2. The number of halogens is 1. The van der Waals surface area contributed by atoms with Crippen molar-refractivity contribution >= 4 is 33.5 Å². The van der Waals surface area contributed by atoms with Gasteiger partial charge in [0.15, 0.2) is 0 Å². The molecule has 0 aliphatic carbocycles. The fraction of sp³-hybridized carbons (Fsp3) is 0.500. The molecule has 1 fully saturated rings. The number of nitrogens with one attached hydrogen (secondary N) is 2. The van der Waals surface area contributed by atoms with Crippen LogP contribution in [-0.2, 0) is 17.1 Å². The minimum Gasteiger partial charge on any atom is -0.311 e. The fourth-order valence-electron chi connectivity index (χ4n) is 2.86. The molecule has 2 unspecified atom stereocenters. The molecule has 2 aromatic rings. The van der Waals surface area contributed by atoms with Gasteiger partial charge in [0.05, 0.1) is 5.39 Å². The summed E-state index contributed by atoms with van der Waals surface area (Å²) in [5.41, 5.74) is -1.11. The molecule has 138 valence electrons. The van der Waals surface area contributed by atoms with Crippen molar-refractivity contribution in [2.24, 2.45) is 7.05 Å². The molecule has 9 nitrogen and oxygen atoms in total. The maximum absolute atomic E-state index is 12.9. The van der Waals surface area contributed by atoms with E-state index in [1.165, 1.54) is 28.2 Å². The number of aromatic amines is 1. The van der Waals surface area contributed by atoms with Gasteiger partial charge in [-0.25, -0.2) is 18.2 Å². The van der Waals surface area contributed by atoms with Crippen LogP contribution in [0, 0.1) is 0 Å². The Morgan fingerprint density at radius 1 is 1.28 bits per heavy atom. The molecule has 2 N–H and O–H groups in total. The van der Waals surface area contributed by atoms with Gasteiger partial charge in [0.25, 0.3) is 5.56 Å². The van der Waals surface area contributed by atoms with Gasteiger partial charge in [-0.15, -0.1) is 12.4 Å². The molecule has 0 aromatic carbocycles. The lowest BCUT2D eigenvalue weighted by Gasteiger charge is -2.37. The van der Waals surface area contributed by atoms with Crippen molar-refractivity contribution in [1.82, 2.24) is 24.2 Å². The molecule has 3 heterocycles. The highest BCUT2D eigenvalue weighted by molar-refractivity contribution is 7.89. The largest absolute Gasteiger partial charge is 0.329 e. The average molecular weight is 390 g/mol. The number of hydrogen-bond acceptors (Lipinski definition) is 6. The first-order valence-electron chi connectivity index (χ1n) is 7.58. The zero-order valence-electron chi connectivity index (χ0n) is 14.0. The van der Waals surface area contributed by atoms with E-state index in [1.807, 2.05) is 13.8 Å². The van der Waals surface area contributed by atoms with Gasteiger partial charge in [0.2, 0.25) is 10.0 Å². The second-order valence-corrected chi connectivity index (χ2v) is 7.85. The lowest BCUT2D eigenvalue weighted by Crippen LogP contribution is -2.57. The first-order chi connectivity index (χ1) is 11.2. The molecule has 1 aliphatic heterocycles. The molecule has 0 saturated carbocycles. The van der Waals surface area contributed by atoms with Gasteiger partial charge >= 0.3 is 5.69 Å². The van der Waals surface area contributed by atoms with Crippen molar-refractivity contribution in [3.05, 3.63) is 33.1 Å². The number of nitrogens with zero attached hydrogens (tertiary/aromatic N) is 3. The Morgan fingerprint density at radius 3 is 2.64 bits per heavy atom. The molecule has 0 spiro atoms. The van der Waals surface area contributed by atoms with E-state index in [0.717, 1.165) is 0 Å². The molecule has 11 heteroatoms. The van der Waals surface area contributed by atoms with E-state index in [-0.39, 0.29) is 40.4 Å². The van der Waals surface area contributed by atoms with E-state index in [1.54, 1.807) is 0 Å². The lowest BCUT2D eigenvalue weighted by atomic mass is 10.1. The second-order valence-electron chi connectivity index (χ2n) is 5.96. The van der Waals surface area contributed by atoms with Crippen molar-refractivity contribution in [2.75, 3.05) is 13.1 Å². The Morgan fingerprint density at radius 2 is 1.96 bits per heavy atom. The van der Waals surface area contributed by atoms with Gasteiger partial charge in [-0.2, -0.15) is 4.31 Å². The number of fused-ring (bicyclic) bond motifs is 1. The van der Waals surface area contributed by atoms with E-state index in [2.05, 4.69) is 15.3 Å². The third-order valence-electron chi connectivity index (χ3n) is 4.51. The van der Waals surface area contributed by atoms with Gasteiger partial charge in [-0.1, -0.05) is 0 Å². The maximum atomic E-state index is 12.9. The minimum absolute atomic E-state index is 0. The van der Waals surface area contributed by atoms with Crippen LogP contribution < -0.4 is 16.6 Å². The second kappa shape index (κ2) is 6.87. The monoisotopic (exact) mass is 389 g/mol. The number of aromatic nitrogens is 3. The topological polar surface area (TPSA) is 117 Å². The summed E-state index contributed by atoms with van der Waals surface area (Å²) >= 11 is 0. The van der Waals surface area contributed by atoms with E-state index in [4.69, 9.17) is 0 Å². The molecule has 1 aliphatic rings. The number of pyridine rings is 1. The molecular weight excluding hydrogens is 370 g/mol. The molecule has 2 atom stereocenters. The Labute approximate surface area is 150 Å². The normalized spacial score (nSPS) is 21.9. The van der Waals surface area contributed by atoms with Crippen LogP contribution in [0.15, 0.2) is 26.7 Å². The summed E-state index contributed by atoms with van der Waals surface area (Å²) < 4.78 is 28.4. The third-order valence-corrected chi connectivity index (χ3v) is 6.46. The number of H-pyrrole nitrogens is 1. The molecule has 3 rings (SSSR count). The van der Waals surface area contributed by atoms with Gasteiger partial charge in [0, 0.05) is 38.4 Å². The molecule has 2 aromatic heterocycles. The molecule has 0 bridgehead atoms. The van der Waals surface area contributed by atoms with Gasteiger partial charge in [-0.05, 0) is 19.9 Å². The molecule has 0 amide bonds. The number of aryl methyl sites for hydroxylation is 1. The van der Waals surface area contributed by atoms with E-state index < -0.39 is 21.3 Å². The number of hydrogen-bond donors (Lipinski definition) is 2. The van der Waals surface area contributed by atoms with Crippen LogP contribution in [0.25, 0.3) is 11.0 Å². The Kier molecular flexibility index (Phi) is 5.38. The Bertz CT molecular complexity index is 1020. The van der Waals surface area contributed by atoms with Crippen LogP contribution >= 0.6 is 12.4 Å².